The molecule has 4 heteroatoms. The first-order valence-electron chi connectivity index (χ1n) is 3.58. The summed E-state index contributed by atoms with van der Waals surface area (Å²) in [4.78, 5) is 12.5. The molecule has 0 aliphatic heterocycles. The largest absolute Gasteiger partial charge is 0.383 e. The minimum absolute atomic E-state index is 0.217. The second-order valence-electron chi connectivity index (χ2n) is 2.55. The van der Waals surface area contributed by atoms with Gasteiger partial charge in [-0.15, -0.1) is 0 Å². The van der Waals surface area contributed by atoms with Crippen LogP contribution in [-0.2, 0) is 9.53 Å². The second-order valence-corrected chi connectivity index (χ2v) is 2.55. The van der Waals surface area contributed by atoms with Gasteiger partial charge in [0.05, 0.1) is 12.6 Å². The number of likely N-dealkylation sites (N-methyl/N-ethyl adjacent to an activating group) is 1. The smallest absolute Gasteiger partial charge is 0.234 e. The monoisotopic (exact) mass is 160 g/mol. The molecule has 0 aliphatic rings. The van der Waals surface area contributed by atoms with Crippen LogP contribution in [0.2, 0.25) is 0 Å². The van der Waals surface area contributed by atoms with Crippen LogP contribution < -0.4 is 5.73 Å². The molecule has 0 radical (unpaired) electrons. The minimum Gasteiger partial charge on any atom is -0.383 e. The molecule has 4 nitrogen and oxygen atoms in total. The van der Waals surface area contributed by atoms with E-state index in [1.165, 1.54) is 0 Å². The molecule has 0 bridgehead atoms. The third-order valence-corrected chi connectivity index (χ3v) is 1.72. The molecule has 0 rings (SSSR count). The maximum atomic E-state index is 10.6. The number of carbonyl (C=O) groups excluding carboxylic acids is 1. The fourth-order valence-electron chi connectivity index (χ4n) is 0.646. The molecule has 0 aromatic heterocycles. The van der Waals surface area contributed by atoms with E-state index in [4.69, 9.17) is 10.5 Å². The van der Waals surface area contributed by atoms with Gasteiger partial charge >= 0.3 is 0 Å². The number of nitrogens with two attached hydrogens (primary N) is 1. The molecular formula is C7H16N2O2. The Morgan fingerprint density at radius 1 is 1.73 bits per heavy atom. The fourth-order valence-corrected chi connectivity index (χ4v) is 0.646. The molecule has 0 spiro atoms. The zero-order chi connectivity index (χ0) is 8.85. The quantitative estimate of drug-likeness (QED) is 0.586. The lowest BCUT2D eigenvalue weighted by molar-refractivity contribution is -0.122. The number of hydrogen-bond donors (Lipinski definition) is 1. The lowest BCUT2D eigenvalue weighted by atomic mass is 10.3. The highest BCUT2D eigenvalue weighted by Gasteiger charge is 2.13. The summed E-state index contributed by atoms with van der Waals surface area (Å²) >= 11 is 0. The zero-order valence-corrected chi connectivity index (χ0v) is 7.33. The van der Waals surface area contributed by atoms with Crippen molar-refractivity contribution in [3.63, 3.8) is 0 Å². The average Bonchev–Trinajstić information content (AvgIpc) is 1.98. The lowest BCUT2D eigenvalue weighted by Crippen LogP contribution is -2.41. The van der Waals surface area contributed by atoms with Crippen molar-refractivity contribution in [2.24, 2.45) is 5.73 Å². The van der Waals surface area contributed by atoms with E-state index in [0.29, 0.717) is 6.61 Å². The van der Waals surface area contributed by atoms with Crippen molar-refractivity contribution in [2.75, 3.05) is 27.3 Å². The maximum Gasteiger partial charge on any atom is 0.234 e. The summed E-state index contributed by atoms with van der Waals surface area (Å²) in [7, 11) is 3.47. The third kappa shape index (κ3) is 3.95. The van der Waals surface area contributed by atoms with E-state index in [0.717, 1.165) is 6.54 Å². The fraction of sp³-hybridized carbons (Fsp3) is 0.857. The molecule has 1 atom stereocenters. The van der Waals surface area contributed by atoms with E-state index in [1.54, 1.807) is 14.0 Å². The first-order chi connectivity index (χ1) is 5.09. The Balaban J connectivity index is 3.63. The summed E-state index contributed by atoms with van der Waals surface area (Å²) in [5.74, 6) is -0.302. The molecular weight excluding hydrogens is 144 g/mol. The molecule has 0 saturated heterocycles. The Morgan fingerprint density at radius 3 is 2.64 bits per heavy atom. The van der Waals surface area contributed by atoms with Crippen molar-refractivity contribution in [1.82, 2.24) is 4.90 Å². The van der Waals surface area contributed by atoms with Gasteiger partial charge in [-0.2, -0.15) is 0 Å². The van der Waals surface area contributed by atoms with Gasteiger partial charge in [0.1, 0.15) is 0 Å². The van der Waals surface area contributed by atoms with Gasteiger partial charge in [-0.1, -0.05) is 0 Å². The zero-order valence-electron chi connectivity index (χ0n) is 7.33. The van der Waals surface area contributed by atoms with Crippen molar-refractivity contribution in [3.05, 3.63) is 0 Å². The van der Waals surface area contributed by atoms with E-state index >= 15 is 0 Å². The molecule has 66 valence electrons. The van der Waals surface area contributed by atoms with Crippen LogP contribution in [0.15, 0.2) is 0 Å². The van der Waals surface area contributed by atoms with Gasteiger partial charge in [0.25, 0.3) is 0 Å². The predicted octanol–water partition coefficient (Wildman–Crippen LogP) is -0.562. The first-order valence-corrected chi connectivity index (χ1v) is 3.58. The highest BCUT2D eigenvalue weighted by atomic mass is 16.5. The second kappa shape index (κ2) is 5.09. The third-order valence-electron chi connectivity index (χ3n) is 1.72. The molecule has 0 saturated carbocycles. The van der Waals surface area contributed by atoms with Crippen LogP contribution in [0.5, 0.6) is 0 Å². The molecule has 1 amide bonds. The van der Waals surface area contributed by atoms with Gasteiger partial charge in [0, 0.05) is 13.7 Å². The summed E-state index contributed by atoms with van der Waals surface area (Å²) in [6.45, 7) is 3.12. The van der Waals surface area contributed by atoms with E-state index in [-0.39, 0.29) is 11.9 Å². The van der Waals surface area contributed by atoms with E-state index in [2.05, 4.69) is 0 Å². The Bertz CT molecular complexity index is 128. The van der Waals surface area contributed by atoms with Crippen molar-refractivity contribution in [2.45, 2.75) is 13.0 Å². The lowest BCUT2D eigenvalue weighted by Gasteiger charge is -2.20. The summed E-state index contributed by atoms with van der Waals surface area (Å²) in [6, 6.07) is -0.217. The van der Waals surface area contributed by atoms with Crippen LogP contribution >= 0.6 is 0 Å². The topological polar surface area (TPSA) is 55.6 Å². The Morgan fingerprint density at radius 2 is 2.27 bits per heavy atom. The predicted molar refractivity (Wildman–Crippen MR) is 43.2 cm³/mol. The molecule has 11 heavy (non-hydrogen) atoms. The molecule has 1 unspecified atom stereocenters. The number of nitrogens with zero attached hydrogens (tertiary/aromatic N) is 1. The van der Waals surface area contributed by atoms with Crippen LogP contribution in [0.1, 0.15) is 6.92 Å². The summed E-state index contributed by atoms with van der Waals surface area (Å²) in [5, 5.41) is 0. The van der Waals surface area contributed by atoms with Gasteiger partial charge in [0.15, 0.2) is 0 Å². The Kier molecular flexibility index (Phi) is 4.81. The van der Waals surface area contributed by atoms with Gasteiger partial charge in [-0.05, 0) is 14.0 Å². The molecule has 0 aromatic carbocycles. The van der Waals surface area contributed by atoms with Crippen molar-refractivity contribution < 1.29 is 9.53 Å². The summed E-state index contributed by atoms with van der Waals surface area (Å²) in [5.41, 5.74) is 5.09. The van der Waals surface area contributed by atoms with E-state index in [9.17, 15) is 4.79 Å². The van der Waals surface area contributed by atoms with Gasteiger partial charge in [-0.25, -0.2) is 0 Å². The number of methoxy groups -OCH3 is 1. The Hall–Kier alpha value is -0.610. The molecule has 2 N–H and O–H groups in total. The van der Waals surface area contributed by atoms with Gasteiger partial charge < -0.3 is 10.5 Å². The minimum atomic E-state index is -0.302. The number of carbonyl (C=O) groups is 1. The van der Waals surface area contributed by atoms with E-state index in [1.807, 2.05) is 11.9 Å². The number of ether oxygens (including phenoxy) is 1. The van der Waals surface area contributed by atoms with Crippen LogP contribution in [-0.4, -0.2) is 44.2 Å². The molecule has 0 aliphatic carbocycles. The average molecular weight is 160 g/mol. The van der Waals surface area contributed by atoms with Crippen LogP contribution in [0.3, 0.4) is 0 Å². The SMILES string of the molecule is COCCN(C)C(C)C(N)=O. The van der Waals surface area contributed by atoms with Crippen LogP contribution in [0.4, 0.5) is 0 Å². The number of amides is 1. The van der Waals surface area contributed by atoms with Crippen molar-refractivity contribution in [1.29, 1.82) is 0 Å². The Labute approximate surface area is 67.3 Å². The summed E-state index contributed by atoms with van der Waals surface area (Å²) in [6.07, 6.45) is 0. The first kappa shape index (κ1) is 10.4. The van der Waals surface area contributed by atoms with Crippen molar-refractivity contribution >= 4 is 5.91 Å². The van der Waals surface area contributed by atoms with Gasteiger partial charge in [-0.3, -0.25) is 9.69 Å². The molecule has 0 fully saturated rings. The van der Waals surface area contributed by atoms with Crippen LogP contribution in [0.25, 0.3) is 0 Å². The van der Waals surface area contributed by atoms with Crippen molar-refractivity contribution in [3.8, 4) is 0 Å². The maximum absolute atomic E-state index is 10.6. The number of rotatable bonds is 5. The van der Waals surface area contributed by atoms with Crippen LogP contribution in [0, 0.1) is 0 Å². The molecule has 0 aromatic rings. The normalized spacial score (nSPS) is 13.5. The highest BCUT2D eigenvalue weighted by molar-refractivity contribution is 5.79. The number of primary amides is 1. The van der Waals surface area contributed by atoms with E-state index < -0.39 is 0 Å². The molecule has 0 heterocycles. The number of hydrogen-bond acceptors (Lipinski definition) is 3. The summed E-state index contributed by atoms with van der Waals surface area (Å²) < 4.78 is 4.85. The van der Waals surface area contributed by atoms with Gasteiger partial charge in [0.2, 0.25) is 5.91 Å². The highest BCUT2D eigenvalue weighted by Crippen LogP contribution is 1.92. The standard InChI is InChI=1S/C7H16N2O2/c1-6(7(8)10)9(2)4-5-11-3/h6H,4-5H2,1-3H3,(H2,8,10).